The number of hydrogen-bond acceptors (Lipinski definition) is 3. The van der Waals surface area contributed by atoms with Crippen LogP contribution in [0.2, 0.25) is 0 Å². The molecule has 0 radical (unpaired) electrons. The van der Waals surface area contributed by atoms with Crippen molar-refractivity contribution in [1.82, 2.24) is 0 Å². The second kappa shape index (κ2) is 4.43. The first-order chi connectivity index (χ1) is 6.26. The van der Waals surface area contributed by atoms with E-state index in [0.717, 1.165) is 0 Å². The molecule has 0 saturated heterocycles. The third kappa shape index (κ3) is 2.73. The standard InChI is InChI=1S/C9H10FN3/c10-8-3-7(6-12)4-9(5-8)13-2-1-11/h3-5,13H,1-2,11H2. The van der Waals surface area contributed by atoms with Crippen LogP contribution in [0.5, 0.6) is 0 Å². The van der Waals surface area contributed by atoms with Crippen molar-refractivity contribution in [3.05, 3.63) is 29.6 Å². The molecule has 0 aliphatic heterocycles. The first kappa shape index (κ1) is 9.49. The van der Waals surface area contributed by atoms with E-state index in [1.807, 2.05) is 6.07 Å². The molecule has 0 aliphatic rings. The summed E-state index contributed by atoms with van der Waals surface area (Å²) in [6, 6.07) is 5.97. The van der Waals surface area contributed by atoms with Gasteiger partial charge in [-0.15, -0.1) is 0 Å². The van der Waals surface area contributed by atoms with Crippen molar-refractivity contribution in [2.75, 3.05) is 18.4 Å². The Morgan fingerprint density at radius 3 is 2.85 bits per heavy atom. The van der Waals surface area contributed by atoms with Crippen LogP contribution in [0.3, 0.4) is 0 Å². The highest BCUT2D eigenvalue weighted by atomic mass is 19.1. The van der Waals surface area contributed by atoms with E-state index in [-0.39, 0.29) is 0 Å². The Kier molecular flexibility index (Phi) is 3.23. The van der Waals surface area contributed by atoms with E-state index in [9.17, 15) is 4.39 Å². The highest BCUT2D eigenvalue weighted by Crippen LogP contribution is 2.12. The highest BCUT2D eigenvalue weighted by Gasteiger charge is 1.98. The fourth-order valence-corrected chi connectivity index (χ4v) is 0.973. The van der Waals surface area contributed by atoms with Gasteiger partial charge in [0.05, 0.1) is 11.6 Å². The first-order valence-corrected chi connectivity index (χ1v) is 3.91. The summed E-state index contributed by atoms with van der Waals surface area (Å²) in [5.41, 5.74) is 6.15. The lowest BCUT2D eigenvalue weighted by Gasteiger charge is -2.04. The lowest BCUT2D eigenvalue weighted by Crippen LogP contribution is -2.13. The smallest absolute Gasteiger partial charge is 0.126 e. The summed E-state index contributed by atoms with van der Waals surface area (Å²) in [6.45, 7) is 1.03. The molecular weight excluding hydrogens is 169 g/mol. The molecule has 1 aromatic carbocycles. The lowest BCUT2D eigenvalue weighted by molar-refractivity contribution is 0.627. The Morgan fingerprint density at radius 2 is 2.23 bits per heavy atom. The molecule has 0 saturated carbocycles. The van der Waals surface area contributed by atoms with Crippen LogP contribution in [0.15, 0.2) is 18.2 Å². The van der Waals surface area contributed by atoms with Crippen molar-refractivity contribution < 1.29 is 4.39 Å². The Bertz CT molecular complexity index is 330. The van der Waals surface area contributed by atoms with Gasteiger partial charge in [-0.1, -0.05) is 0 Å². The fourth-order valence-electron chi connectivity index (χ4n) is 0.973. The quantitative estimate of drug-likeness (QED) is 0.729. The zero-order chi connectivity index (χ0) is 9.68. The van der Waals surface area contributed by atoms with Crippen LogP contribution >= 0.6 is 0 Å². The zero-order valence-corrected chi connectivity index (χ0v) is 7.05. The van der Waals surface area contributed by atoms with Gasteiger partial charge in [-0.3, -0.25) is 0 Å². The van der Waals surface area contributed by atoms with E-state index in [1.54, 1.807) is 6.07 Å². The van der Waals surface area contributed by atoms with Crippen LogP contribution < -0.4 is 11.1 Å². The van der Waals surface area contributed by atoms with Crippen molar-refractivity contribution in [2.45, 2.75) is 0 Å². The van der Waals surface area contributed by atoms with Crippen molar-refractivity contribution in [1.29, 1.82) is 5.26 Å². The number of benzene rings is 1. The molecule has 13 heavy (non-hydrogen) atoms. The molecule has 3 nitrogen and oxygen atoms in total. The third-order valence-electron chi connectivity index (χ3n) is 1.50. The second-order valence-electron chi connectivity index (χ2n) is 2.56. The number of halogens is 1. The Morgan fingerprint density at radius 1 is 1.46 bits per heavy atom. The predicted octanol–water partition coefficient (Wildman–Crippen LogP) is 1.07. The maximum Gasteiger partial charge on any atom is 0.126 e. The first-order valence-electron chi connectivity index (χ1n) is 3.91. The summed E-state index contributed by atoms with van der Waals surface area (Å²) in [5, 5.41) is 11.4. The van der Waals surface area contributed by atoms with Crippen molar-refractivity contribution in [2.24, 2.45) is 5.73 Å². The number of nitrogens with zero attached hydrogens (tertiary/aromatic N) is 1. The second-order valence-corrected chi connectivity index (χ2v) is 2.56. The van der Waals surface area contributed by atoms with Gasteiger partial charge in [-0.2, -0.15) is 5.26 Å². The predicted molar refractivity (Wildman–Crippen MR) is 48.7 cm³/mol. The minimum Gasteiger partial charge on any atom is -0.384 e. The fraction of sp³-hybridized carbons (Fsp3) is 0.222. The minimum atomic E-state index is -0.418. The number of hydrogen-bond donors (Lipinski definition) is 2. The Labute approximate surface area is 76.0 Å². The van der Waals surface area contributed by atoms with Crippen LogP contribution in [0.25, 0.3) is 0 Å². The zero-order valence-electron chi connectivity index (χ0n) is 7.05. The van der Waals surface area contributed by atoms with Gasteiger partial charge in [0.1, 0.15) is 5.82 Å². The minimum absolute atomic E-state index is 0.305. The largest absolute Gasteiger partial charge is 0.384 e. The summed E-state index contributed by atoms with van der Waals surface area (Å²) in [7, 11) is 0. The number of rotatable bonds is 3. The third-order valence-corrected chi connectivity index (χ3v) is 1.50. The summed E-state index contributed by atoms with van der Waals surface area (Å²) in [6.07, 6.45) is 0. The molecule has 0 amide bonds. The van der Waals surface area contributed by atoms with Gasteiger partial charge in [0.2, 0.25) is 0 Å². The molecule has 68 valence electrons. The number of nitriles is 1. The normalized spacial score (nSPS) is 9.31. The highest BCUT2D eigenvalue weighted by molar-refractivity contribution is 5.49. The van der Waals surface area contributed by atoms with E-state index in [4.69, 9.17) is 11.0 Å². The summed E-state index contributed by atoms with van der Waals surface area (Å²) in [5.74, 6) is -0.418. The maximum atomic E-state index is 12.8. The van der Waals surface area contributed by atoms with E-state index < -0.39 is 5.82 Å². The Hall–Kier alpha value is -1.60. The molecule has 1 aromatic rings. The molecule has 0 aromatic heterocycles. The molecule has 0 bridgehead atoms. The Balaban J connectivity index is 2.83. The van der Waals surface area contributed by atoms with E-state index >= 15 is 0 Å². The molecular formula is C9H10FN3. The lowest BCUT2D eigenvalue weighted by atomic mass is 10.2. The van der Waals surface area contributed by atoms with Gasteiger partial charge in [0, 0.05) is 18.8 Å². The molecule has 0 fully saturated rings. The summed E-state index contributed by atoms with van der Waals surface area (Å²) >= 11 is 0. The average Bonchev–Trinajstić information content (AvgIpc) is 2.14. The number of nitrogens with one attached hydrogen (secondary N) is 1. The van der Waals surface area contributed by atoms with Crippen LogP contribution in [-0.4, -0.2) is 13.1 Å². The van der Waals surface area contributed by atoms with Gasteiger partial charge in [0.15, 0.2) is 0 Å². The molecule has 0 spiro atoms. The summed E-state index contributed by atoms with van der Waals surface area (Å²) < 4.78 is 12.8. The molecule has 0 atom stereocenters. The van der Waals surface area contributed by atoms with Gasteiger partial charge in [-0.05, 0) is 18.2 Å². The maximum absolute atomic E-state index is 12.8. The van der Waals surface area contributed by atoms with Crippen LogP contribution in [0, 0.1) is 17.1 Å². The molecule has 0 aliphatic carbocycles. The van der Waals surface area contributed by atoms with Crippen LogP contribution in [-0.2, 0) is 0 Å². The van der Waals surface area contributed by atoms with Gasteiger partial charge in [0.25, 0.3) is 0 Å². The van der Waals surface area contributed by atoms with Gasteiger partial charge >= 0.3 is 0 Å². The van der Waals surface area contributed by atoms with Crippen molar-refractivity contribution in [3.63, 3.8) is 0 Å². The van der Waals surface area contributed by atoms with Crippen LogP contribution in [0.1, 0.15) is 5.56 Å². The van der Waals surface area contributed by atoms with E-state index in [2.05, 4.69) is 5.32 Å². The van der Waals surface area contributed by atoms with Gasteiger partial charge in [-0.25, -0.2) is 4.39 Å². The van der Waals surface area contributed by atoms with Crippen molar-refractivity contribution >= 4 is 5.69 Å². The monoisotopic (exact) mass is 179 g/mol. The summed E-state index contributed by atoms with van der Waals surface area (Å²) in [4.78, 5) is 0. The van der Waals surface area contributed by atoms with Gasteiger partial charge < -0.3 is 11.1 Å². The molecule has 4 heteroatoms. The average molecular weight is 179 g/mol. The molecule has 0 unspecified atom stereocenters. The number of nitrogens with two attached hydrogens (primary N) is 1. The van der Waals surface area contributed by atoms with E-state index in [0.29, 0.717) is 24.3 Å². The SMILES string of the molecule is N#Cc1cc(F)cc(NCCN)c1. The molecule has 0 heterocycles. The molecule has 3 N–H and O–H groups in total. The van der Waals surface area contributed by atoms with Crippen LogP contribution in [0.4, 0.5) is 10.1 Å². The van der Waals surface area contributed by atoms with E-state index in [1.165, 1.54) is 12.1 Å². The van der Waals surface area contributed by atoms with Crippen molar-refractivity contribution in [3.8, 4) is 6.07 Å². The number of anilines is 1. The molecule has 1 rings (SSSR count). The topological polar surface area (TPSA) is 61.8 Å².